The van der Waals surface area contributed by atoms with Crippen LogP contribution >= 0.6 is 0 Å². The molecule has 1 heterocycles. The van der Waals surface area contributed by atoms with Gasteiger partial charge in [-0.1, -0.05) is 13.8 Å². The van der Waals surface area contributed by atoms with Crippen LogP contribution in [0.25, 0.3) is 0 Å². The molecule has 0 aliphatic heterocycles. The second-order valence-corrected chi connectivity index (χ2v) is 4.84. The summed E-state index contributed by atoms with van der Waals surface area (Å²) in [5.41, 5.74) is 1.26. The zero-order valence-electron chi connectivity index (χ0n) is 10.5. The van der Waals surface area contributed by atoms with Gasteiger partial charge in [0.25, 0.3) is 0 Å². The molecule has 86 valence electrons. The van der Waals surface area contributed by atoms with Gasteiger partial charge in [-0.15, -0.1) is 0 Å². The van der Waals surface area contributed by atoms with Gasteiger partial charge in [0.15, 0.2) is 0 Å². The van der Waals surface area contributed by atoms with E-state index >= 15 is 0 Å². The van der Waals surface area contributed by atoms with Gasteiger partial charge in [0, 0.05) is 30.4 Å². The highest BCUT2D eigenvalue weighted by molar-refractivity contribution is 5.04. The molecular formula is C12H23N3. The Kier molecular flexibility index (Phi) is 4.33. The van der Waals surface area contributed by atoms with Gasteiger partial charge in [0.1, 0.15) is 0 Å². The van der Waals surface area contributed by atoms with Crippen LogP contribution in [0.1, 0.15) is 46.2 Å². The molecule has 0 bridgehead atoms. The fourth-order valence-electron chi connectivity index (χ4n) is 1.27. The summed E-state index contributed by atoms with van der Waals surface area (Å²) in [6, 6.07) is 0.994. The monoisotopic (exact) mass is 209 g/mol. The Labute approximate surface area is 92.9 Å². The molecule has 3 nitrogen and oxygen atoms in total. The van der Waals surface area contributed by atoms with Crippen molar-refractivity contribution in [2.24, 2.45) is 5.92 Å². The maximum Gasteiger partial charge on any atom is 0.0534 e. The number of hydrogen-bond donors (Lipinski definition) is 1. The summed E-state index contributed by atoms with van der Waals surface area (Å²) >= 11 is 0. The highest BCUT2D eigenvalue weighted by atomic mass is 15.3. The van der Waals surface area contributed by atoms with Crippen molar-refractivity contribution in [3.8, 4) is 0 Å². The van der Waals surface area contributed by atoms with E-state index in [0.717, 1.165) is 6.54 Å². The standard InChI is InChI=1S/C12H23N3/c1-9(2)11(5)13-6-12-7-14-15(8-12)10(3)4/h7-11,13H,6H2,1-5H3. The zero-order chi connectivity index (χ0) is 11.4. The molecule has 0 fully saturated rings. The lowest BCUT2D eigenvalue weighted by molar-refractivity contribution is 0.426. The first-order chi connectivity index (χ1) is 7.00. The van der Waals surface area contributed by atoms with Crippen molar-refractivity contribution in [1.82, 2.24) is 15.1 Å². The van der Waals surface area contributed by atoms with Crippen molar-refractivity contribution in [1.29, 1.82) is 0 Å². The highest BCUT2D eigenvalue weighted by Gasteiger charge is 2.07. The average molecular weight is 209 g/mol. The van der Waals surface area contributed by atoms with Crippen LogP contribution in [-0.4, -0.2) is 15.8 Å². The molecule has 0 amide bonds. The molecule has 1 aromatic heterocycles. The quantitative estimate of drug-likeness (QED) is 0.808. The Hall–Kier alpha value is -0.830. The van der Waals surface area contributed by atoms with Crippen molar-refractivity contribution >= 4 is 0 Å². The van der Waals surface area contributed by atoms with Gasteiger partial charge in [-0.05, 0) is 26.7 Å². The molecule has 1 unspecified atom stereocenters. The maximum atomic E-state index is 4.32. The Bertz CT molecular complexity index is 289. The lowest BCUT2D eigenvalue weighted by Gasteiger charge is -2.16. The van der Waals surface area contributed by atoms with Gasteiger partial charge in [-0.3, -0.25) is 4.68 Å². The second-order valence-electron chi connectivity index (χ2n) is 4.84. The number of aromatic nitrogens is 2. The Balaban J connectivity index is 2.44. The van der Waals surface area contributed by atoms with E-state index in [0.29, 0.717) is 18.0 Å². The summed E-state index contributed by atoms with van der Waals surface area (Å²) < 4.78 is 2.00. The SMILES string of the molecule is CC(C)C(C)NCc1cnn(C(C)C)c1. The van der Waals surface area contributed by atoms with E-state index < -0.39 is 0 Å². The number of nitrogens with one attached hydrogen (secondary N) is 1. The first-order valence-corrected chi connectivity index (χ1v) is 5.77. The Morgan fingerprint density at radius 2 is 1.93 bits per heavy atom. The summed E-state index contributed by atoms with van der Waals surface area (Å²) in [5.74, 6) is 0.671. The molecule has 0 radical (unpaired) electrons. The van der Waals surface area contributed by atoms with E-state index in [4.69, 9.17) is 0 Å². The van der Waals surface area contributed by atoms with Crippen LogP contribution < -0.4 is 5.32 Å². The molecule has 15 heavy (non-hydrogen) atoms. The molecule has 0 saturated heterocycles. The van der Waals surface area contributed by atoms with E-state index in [2.05, 4.69) is 51.2 Å². The third kappa shape index (κ3) is 3.67. The topological polar surface area (TPSA) is 29.9 Å². The average Bonchev–Trinajstić information content (AvgIpc) is 2.62. The molecule has 0 aromatic carbocycles. The van der Waals surface area contributed by atoms with Crippen LogP contribution in [0.2, 0.25) is 0 Å². The van der Waals surface area contributed by atoms with Gasteiger partial charge in [0.05, 0.1) is 6.20 Å². The second kappa shape index (κ2) is 5.31. The molecular weight excluding hydrogens is 186 g/mol. The third-order valence-electron chi connectivity index (χ3n) is 2.81. The van der Waals surface area contributed by atoms with E-state index in [-0.39, 0.29) is 0 Å². The van der Waals surface area contributed by atoms with Crippen LogP contribution in [0.4, 0.5) is 0 Å². The summed E-state index contributed by atoms with van der Waals surface area (Å²) in [6.45, 7) is 11.9. The van der Waals surface area contributed by atoms with Crippen molar-refractivity contribution in [3.63, 3.8) is 0 Å². The van der Waals surface area contributed by atoms with Crippen LogP contribution in [0.5, 0.6) is 0 Å². The summed E-state index contributed by atoms with van der Waals surface area (Å²) in [7, 11) is 0. The highest BCUT2D eigenvalue weighted by Crippen LogP contribution is 2.06. The summed E-state index contributed by atoms with van der Waals surface area (Å²) in [6.07, 6.45) is 4.06. The first kappa shape index (κ1) is 12.2. The van der Waals surface area contributed by atoms with Crippen LogP contribution in [0.3, 0.4) is 0 Å². The van der Waals surface area contributed by atoms with Crippen molar-refractivity contribution < 1.29 is 0 Å². The van der Waals surface area contributed by atoms with Gasteiger partial charge < -0.3 is 5.32 Å². The molecule has 1 atom stereocenters. The van der Waals surface area contributed by atoms with Gasteiger partial charge >= 0.3 is 0 Å². The normalized spacial score (nSPS) is 13.8. The molecule has 0 saturated carbocycles. The van der Waals surface area contributed by atoms with E-state index in [1.54, 1.807) is 0 Å². The molecule has 1 rings (SSSR count). The molecule has 0 aliphatic rings. The largest absolute Gasteiger partial charge is 0.310 e. The minimum Gasteiger partial charge on any atom is -0.310 e. The first-order valence-electron chi connectivity index (χ1n) is 5.77. The Morgan fingerprint density at radius 1 is 1.27 bits per heavy atom. The van der Waals surface area contributed by atoms with Crippen molar-refractivity contribution in [3.05, 3.63) is 18.0 Å². The number of rotatable bonds is 5. The predicted molar refractivity (Wildman–Crippen MR) is 63.8 cm³/mol. The molecule has 0 aliphatic carbocycles. The van der Waals surface area contributed by atoms with Crippen molar-refractivity contribution in [2.75, 3.05) is 0 Å². The maximum absolute atomic E-state index is 4.32. The van der Waals surface area contributed by atoms with Gasteiger partial charge in [-0.2, -0.15) is 5.10 Å². The smallest absolute Gasteiger partial charge is 0.0534 e. The summed E-state index contributed by atoms with van der Waals surface area (Å²) in [5, 5.41) is 7.81. The fraction of sp³-hybridized carbons (Fsp3) is 0.750. The molecule has 1 N–H and O–H groups in total. The van der Waals surface area contributed by atoms with Gasteiger partial charge in [-0.25, -0.2) is 0 Å². The minimum atomic E-state index is 0.446. The summed E-state index contributed by atoms with van der Waals surface area (Å²) in [4.78, 5) is 0. The fourth-order valence-corrected chi connectivity index (χ4v) is 1.27. The third-order valence-corrected chi connectivity index (χ3v) is 2.81. The number of hydrogen-bond acceptors (Lipinski definition) is 2. The predicted octanol–water partition coefficient (Wildman–Crippen LogP) is 2.60. The molecule has 3 heteroatoms. The van der Waals surface area contributed by atoms with E-state index in [1.807, 2.05) is 10.9 Å². The van der Waals surface area contributed by atoms with E-state index in [1.165, 1.54) is 5.56 Å². The van der Waals surface area contributed by atoms with Crippen LogP contribution in [0, 0.1) is 5.92 Å². The zero-order valence-corrected chi connectivity index (χ0v) is 10.5. The van der Waals surface area contributed by atoms with Crippen LogP contribution in [0.15, 0.2) is 12.4 Å². The minimum absolute atomic E-state index is 0.446. The Morgan fingerprint density at radius 3 is 2.40 bits per heavy atom. The molecule has 0 spiro atoms. The van der Waals surface area contributed by atoms with E-state index in [9.17, 15) is 0 Å². The lowest BCUT2D eigenvalue weighted by atomic mass is 10.1. The van der Waals surface area contributed by atoms with Gasteiger partial charge in [0.2, 0.25) is 0 Å². The van der Waals surface area contributed by atoms with Crippen molar-refractivity contribution in [2.45, 2.75) is 53.2 Å². The molecule has 1 aromatic rings. The lowest BCUT2D eigenvalue weighted by Crippen LogP contribution is -2.30. The van der Waals surface area contributed by atoms with Crippen LogP contribution in [-0.2, 0) is 6.54 Å². The number of nitrogens with zero attached hydrogens (tertiary/aromatic N) is 2.